The van der Waals surface area contributed by atoms with Crippen molar-refractivity contribution in [3.63, 3.8) is 0 Å². The maximum Gasteiger partial charge on any atom is 0.347 e. The van der Waals surface area contributed by atoms with Crippen LogP contribution in [-0.2, 0) is 29.1 Å². The number of nitrogens with one attached hydrogen (secondary N) is 1. The molecule has 6 atom stereocenters. The van der Waals surface area contributed by atoms with Crippen LogP contribution in [0.2, 0.25) is 0 Å². The van der Waals surface area contributed by atoms with Crippen molar-refractivity contribution in [3.8, 4) is 0 Å². The molecule has 1 N–H and O–H groups in total. The lowest BCUT2D eigenvalue weighted by molar-refractivity contribution is -0.177. The molecule has 6 unspecified atom stereocenters. The first-order valence-corrected chi connectivity index (χ1v) is 10.0. The van der Waals surface area contributed by atoms with Crippen molar-refractivity contribution in [1.29, 1.82) is 0 Å². The quantitative estimate of drug-likeness (QED) is 0.735. The minimum atomic E-state index is -3.29. The van der Waals surface area contributed by atoms with E-state index in [0.717, 1.165) is 6.42 Å². The standard InChI is InChI=1S/C16H25NO6S/c1-5-16(3,4)15(19)22-8(2)14(18)23-13-9-6-10-11(7-9)24(20,21)17-12(10)13/h8-13,17H,5-7H2,1-4H3. The second-order valence-electron chi connectivity index (χ2n) is 7.81. The average Bonchev–Trinajstić information content (AvgIpc) is 3.11. The summed E-state index contributed by atoms with van der Waals surface area (Å²) in [5.41, 5.74) is -0.657. The van der Waals surface area contributed by atoms with E-state index in [-0.39, 0.29) is 23.1 Å². The number of sulfonamides is 1. The van der Waals surface area contributed by atoms with Crippen molar-refractivity contribution in [2.24, 2.45) is 17.3 Å². The Kier molecular flexibility index (Phi) is 4.19. The predicted molar refractivity (Wildman–Crippen MR) is 85.4 cm³/mol. The summed E-state index contributed by atoms with van der Waals surface area (Å²) in [6.45, 7) is 6.89. The van der Waals surface area contributed by atoms with Gasteiger partial charge in [-0.1, -0.05) is 6.92 Å². The molecule has 0 spiro atoms. The van der Waals surface area contributed by atoms with Crippen LogP contribution in [0.5, 0.6) is 0 Å². The molecule has 1 aliphatic heterocycles. The van der Waals surface area contributed by atoms with Crippen LogP contribution in [0.4, 0.5) is 0 Å². The van der Waals surface area contributed by atoms with Crippen molar-refractivity contribution in [3.05, 3.63) is 0 Å². The fraction of sp³-hybridized carbons (Fsp3) is 0.875. The zero-order chi connectivity index (χ0) is 17.9. The topological polar surface area (TPSA) is 98.8 Å². The van der Waals surface area contributed by atoms with E-state index in [9.17, 15) is 18.0 Å². The highest BCUT2D eigenvalue weighted by Gasteiger charge is 2.64. The van der Waals surface area contributed by atoms with Crippen molar-refractivity contribution >= 4 is 22.0 Å². The third-order valence-corrected chi connectivity index (χ3v) is 7.81. The lowest BCUT2D eigenvalue weighted by atomic mass is 9.90. The van der Waals surface area contributed by atoms with Gasteiger partial charge in [0, 0.05) is 0 Å². The summed E-state index contributed by atoms with van der Waals surface area (Å²) in [5, 5.41) is -0.344. The maximum atomic E-state index is 12.3. The minimum absolute atomic E-state index is 0.0229. The molecule has 0 radical (unpaired) electrons. The SMILES string of the molecule is CCC(C)(C)C(=O)OC(C)C(=O)OC1C2CC3C1NS(=O)(=O)C3C2. The predicted octanol–water partition coefficient (Wildman–Crippen LogP) is 0.976. The van der Waals surface area contributed by atoms with Crippen LogP contribution >= 0.6 is 0 Å². The Balaban J connectivity index is 1.61. The minimum Gasteiger partial charge on any atom is -0.458 e. The maximum absolute atomic E-state index is 12.3. The Morgan fingerprint density at radius 1 is 1.29 bits per heavy atom. The number of rotatable bonds is 5. The molecule has 3 aliphatic rings. The van der Waals surface area contributed by atoms with E-state index in [4.69, 9.17) is 9.47 Å². The van der Waals surface area contributed by atoms with Crippen LogP contribution in [0, 0.1) is 17.3 Å². The van der Waals surface area contributed by atoms with Gasteiger partial charge in [0.25, 0.3) is 0 Å². The first-order chi connectivity index (χ1) is 11.1. The number of carbonyl (C=O) groups is 2. The lowest BCUT2D eigenvalue weighted by Crippen LogP contribution is -2.44. The van der Waals surface area contributed by atoms with Crippen LogP contribution in [-0.4, -0.2) is 43.9 Å². The van der Waals surface area contributed by atoms with E-state index in [0.29, 0.717) is 12.8 Å². The fourth-order valence-electron chi connectivity index (χ4n) is 3.95. The molecule has 24 heavy (non-hydrogen) atoms. The highest BCUT2D eigenvalue weighted by molar-refractivity contribution is 7.90. The zero-order valence-electron chi connectivity index (χ0n) is 14.4. The van der Waals surface area contributed by atoms with Crippen molar-refractivity contribution in [2.75, 3.05) is 0 Å². The van der Waals surface area contributed by atoms with Gasteiger partial charge in [0.1, 0.15) is 6.10 Å². The summed E-state index contributed by atoms with van der Waals surface area (Å²) in [6.07, 6.45) is 0.431. The van der Waals surface area contributed by atoms with Gasteiger partial charge in [-0.2, -0.15) is 0 Å². The molecule has 7 nitrogen and oxygen atoms in total. The molecular formula is C16H25NO6S. The number of hydrogen-bond acceptors (Lipinski definition) is 6. The van der Waals surface area contributed by atoms with Gasteiger partial charge in [0.15, 0.2) is 6.10 Å². The van der Waals surface area contributed by atoms with Crippen LogP contribution in [0.15, 0.2) is 0 Å². The molecule has 0 amide bonds. The van der Waals surface area contributed by atoms with Crippen LogP contribution in [0.1, 0.15) is 47.0 Å². The molecule has 0 aromatic heterocycles. The number of ether oxygens (including phenoxy) is 2. The summed E-state index contributed by atoms with van der Waals surface area (Å²) in [7, 11) is -3.29. The Hall–Kier alpha value is -1.15. The molecule has 1 heterocycles. The first kappa shape index (κ1) is 17.7. The Labute approximate surface area is 142 Å². The van der Waals surface area contributed by atoms with Gasteiger partial charge in [-0.25, -0.2) is 17.9 Å². The lowest BCUT2D eigenvalue weighted by Gasteiger charge is -2.28. The molecular weight excluding hydrogens is 334 g/mol. The van der Waals surface area contributed by atoms with Gasteiger partial charge in [0.05, 0.1) is 16.7 Å². The van der Waals surface area contributed by atoms with E-state index in [1.54, 1.807) is 13.8 Å². The second-order valence-corrected chi connectivity index (χ2v) is 9.74. The summed E-state index contributed by atoms with van der Waals surface area (Å²) >= 11 is 0. The van der Waals surface area contributed by atoms with E-state index >= 15 is 0 Å². The van der Waals surface area contributed by atoms with Crippen molar-refractivity contribution in [1.82, 2.24) is 4.72 Å². The molecule has 2 aliphatic carbocycles. The largest absolute Gasteiger partial charge is 0.458 e. The molecule has 8 heteroatoms. The number of esters is 2. The van der Waals surface area contributed by atoms with Gasteiger partial charge < -0.3 is 9.47 Å². The highest BCUT2D eigenvalue weighted by atomic mass is 32.2. The molecule has 136 valence electrons. The summed E-state index contributed by atoms with van der Waals surface area (Å²) in [6, 6.07) is -0.335. The van der Waals surface area contributed by atoms with Crippen LogP contribution in [0.25, 0.3) is 0 Å². The zero-order valence-corrected chi connectivity index (χ0v) is 15.3. The number of hydrogen-bond donors (Lipinski definition) is 1. The highest BCUT2D eigenvalue weighted by Crippen LogP contribution is 2.52. The monoisotopic (exact) mass is 359 g/mol. The van der Waals surface area contributed by atoms with Crippen molar-refractivity contribution in [2.45, 2.75) is 70.5 Å². The summed E-state index contributed by atoms with van der Waals surface area (Å²) in [5.74, 6) is -0.970. The van der Waals surface area contributed by atoms with E-state index in [1.165, 1.54) is 6.92 Å². The molecule has 1 saturated heterocycles. The molecule has 2 saturated carbocycles. The van der Waals surface area contributed by atoms with Crippen LogP contribution in [0.3, 0.4) is 0 Å². The smallest absolute Gasteiger partial charge is 0.347 e. The summed E-state index contributed by atoms with van der Waals surface area (Å²) in [4.78, 5) is 24.4. The van der Waals surface area contributed by atoms with Gasteiger partial charge in [-0.05, 0) is 51.9 Å². The molecule has 3 fully saturated rings. The van der Waals surface area contributed by atoms with E-state index in [1.807, 2.05) is 6.92 Å². The second kappa shape index (κ2) is 5.69. The van der Waals surface area contributed by atoms with Gasteiger partial charge in [0.2, 0.25) is 10.0 Å². The van der Waals surface area contributed by atoms with E-state index < -0.39 is 39.6 Å². The summed E-state index contributed by atoms with van der Waals surface area (Å²) < 4.78 is 37.4. The van der Waals surface area contributed by atoms with Crippen molar-refractivity contribution < 1.29 is 27.5 Å². The third-order valence-electron chi connectivity index (χ3n) is 5.87. The Morgan fingerprint density at radius 2 is 1.96 bits per heavy atom. The number of carbonyl (C=O) groups excluding carboxylic acids is 2. The Morgan fingerprint density at radius 3 is 2.58 bits per heavy atom. The molecule has 0 aromatic carbocycles. The van der Waals surface area contributed by atoms with Gasteiger partial charge in [-0.3, -0.25) is 4.79 Å². The first-order valence-electron chi connectivity index (χ1n) is 8.49. The van der Waals surface area contributed by atoms with Crippen LogP contribution < -0.4 is 4.72 Å². The third kappa shape index (κ3) is 2.73. The van der Waals surface area contributed by atoms with Gasteiger partial charge >= 0.3 is 11.9 Å². The molecule has 2 bridgehead atoms. The van der Waals surface area contributed by atoms with Gasteiger partial charge in [-0.15, -0.1) is 0 Å². The molecule has 0 aromatic rings. The Bertz CT molecular complexity index is 657. The van der Waals surface area contributed by atoms with E-state index in [2.05, 4.69) is 4.72 Å². The fourth-order valence-corrected chi connectivity index (χ4v) is 6.06. The number of fused-ring (bicyclic) bond motifs is 1. The molecule has 3 rings (SSSR count). The normalized spacial score (nSPS) is 37.2. The average molecular weight is 359 g/mol.